The average molecular weight is 385 g/mol. The first kappa shape index (κ1) is 22.6. The molecule has 144 valence electrons. The summed E-state index contributed by atoms with van der Waals surface area (Å²) in [5.74, 6) is 0. The molecule has 0 aliphatic carbocycles. The van der Waals surface area contributed by atoms with Gasteiger partial charge < -0.3 is 0 Å². The fourth-order valence-electron chi connectivity index (χ4n) is 2.94. The van der Waals surface area contributed by atoms with E-state index in [2.05, 4.69) is 41.5 Å². The van der Waals surface area contributed by atoms with Gasteiger partial charge in [0.25, 0.3) is 0 Å². The highest BCUT2D eigenvalue weighted by atomic mass is 32.2. The molecule has 4 heteroatoms. The van der Waals surface area contributed by atoms with E-state index in [-0.39, 0.29) is 10.2 Å². The molecule has 0 amide bonds. The summed E-state index contributed by atoms with van der Waals surface area (Å²) in [5.41, 5.74) is 1.20. The van der Waals surface area contributed by atoms with Gasteiger partial charge in [-0.3, -0.25) is 0 Å². The maximum Gasteiger partial charge on any atom is 0.184 e. The number of hydrogen-bond donors (Lipinski definition) is 0. The number of sulfone groups is 1. The fourth-order valence-corrected chi connectivity index (χ4v) is 6.97. The molecule has 0 saturated carbocycles. The zero-order valence-electron chi connectivity index (χ0n) is 17.6. The van der Waals surface area contributed by atoms with Crippen molar-refractivity contribution in [3.63, 3.8) is 0 Å². The van der Waals surface area contributed by atoms with Crippen molar-refractivity contribution in [3.8, 4) is 0 Å². The van der Waals surface area contributed by atoms with Crippen LogP contribution < -0.4 is 0 Å². The second-order valence-corrected chi connectivity index (χ2v) is 15.1. The van der Waals surface area contributed by atoms with Crippen molar-refractivity contribution >= 4 is 21.6 Å². The number of rotatable bonds is 5. The lowest BCUT2D eigenvalue weighted by Crippen LogP contribution is -2.50. The lowest BCUT2D eigenvalue weighted by molar-refractivity contribution is 0.411. The van der Waals surface area contributed by atoms with Gasteiger partial charge in [-0.2, -0.15) is 0 Å². The number of benzene rings is 1. The predicted octanol–water partition coefficient (Wildman–Crippen LogP) is 6.14. The summed E-state index contributed by atoms with van der Waals surface area (Å²) in [6.45, 7) is 20.7. The molecule has 0 aliphatic heterocycles. The first-order valence-corrected chi connectivity index (χ1v) is 11.2. The van der Waals surface area contributed by atoms with Crippen LogP contribution in [0.2, 0.25) is 0 Å². The van der Waals surface area contributed by atoms with Gasteiger partial charge in [-0.25, -0.2) is 8.42 Å². The van der Waals surface area contributed by atoms with E-state index in [1.54, 1.807) is 17.8 Å². The van der Waals surface area contributed by atoms with Crippen LogP contribution in [-0.4, -0.2) is 22.7 Å². The van der Waals surface area contributed by atoms with Gasteiger partial charge in [0.2, 0.25) is 0 Å². The molecule has 0 aliphatic rings. The number of thioether (sulfide) groups is 1. The van der Waals surface area contributed by atoms with E-state index in [1.807, 2.05) is 45.9 Å². The highest BCUT2D eigenvalue weighted by Gasteiger charge is 2.50. The molecular weight excluding hydrogens is 348 g/mol. The van der Waals surface area contributed by atoms with Crippen molar-refractivity contribution in [2.45, 2.75) is 94.8 Å². The number of hydrogen-bond acceptors (Lipinski definition) is 3. The smallest absolute Gasteiger partial charge is 0.184 e. The van der Waals surface area contributed by atoms with Crippen LogP contribution in [0.5, 0.6) is 0 Å². The van der Waals surface area contributed by atoms with E-state index in [0.717, 1.165) is 12.0 Å². The maximum absolute atomic E-state index is 13.5. The van der Waals surface area contributed by atoms with Crippen LogP contribution in [0, 0.1) is 5.41 Å². The van der Waals surface area contributed by atoms with Gasteiger partial charge in [-0.05, 0) is 57.2 Å². The maximum atomic E-state index is 13.5. The lowest BCUT2D eigenvalue weighted by Gasteiger charge is -2.43. The molecule has 0 bridgehead atoms. The minimum Gasteiger partial charge on any atom is -0.223 e. The highest BCUT2D eigenvalue weighted by molar-refractivity contribution is 8.03. The quantitative estimate of drug-likeness (QED) is 0.611. The summed E-state index contributed by atoms with van der Waals surface area (Å²) in [6.07, 6.45) is 0.858. The summed E-state index contributed by atoms with van der Waals surface area (Å²) < 4.78 is 25.7. The summed E-state index contributed by atoms with van der Waals surface area (Å²) in [4.78, 5) is 0.432. The molecule has 0 spiro atoms. The van der Waals surface area contributed by atoms with E-state index in [4.69, 9.17) is 0 Å². The Kier molecular flexibility index (Phi) is 6.24. The van der Waals surface area contributed by atoms with Gasteiger partial charge >= 0.3 is 0 Å². The molecule has 25 heavy (non-hydrogen) atoms. The van der Waals surface area contributed by atoms with Crippen LogP contribution in [0.1, 0.15) is 74.8 Å². The van der Waals surface area contributed by atoms with Crippen molar-refractivity contribution in [3.05, 3.63) is 29.8 Å². The highest BCUT2D eigenvalue weighted by Crippen LogP contribution is 2.48. The average Bonchev–Trinajstić information content (AvgIpc) is 2.33. The molecule has 0 saturated heterocycles. The van der Waals surface area contributed by atoms with Gasteiger partial charge in [-0.1, -0.05) is 53.7 Å². The summed E-state index contributed by atoms with van der Waals surface area (Å²) in [6, 6.07) is 7.49. The van der Waals surface area contributed by atoms with Crippen molar-refractivity contribution in [2.75, 3.05) is 0 Å². The standard InChI is InChI=1S/C21H36O2S2/c1-18(2,3)15-16-12-11-13-17(14-16)25(22,23)21(9,10)20(7,8)24-19(4,5)6/h11-14H,15H2,1-10H3. The zero-order valence-corrected chi connectivity index (χ0v) is 19.3. The molecule has 1 aromatic carbocycles. The Bertz CT molecular complexity index is 700. The van der Waals surface area contributed by atoms with Gasteiger partial charge in [0.15, 0.2) is 9.84 Å². The van der Waals surface area contributed by atoms with Gasteiger partial charge in [-0.15, -0.1) is 11.8 Å². The van der Waals surface area contributed by atoms with Crippen molar-refractivity contribution < 1.29 is 8.42 Å². The Balaban J connectivity index is 3.34. The molecular formula is C21H36O2S2. The summed E-state index contributed by atoms with van der Waals surface area (Å²) in [5, 5.41) is 0. The first-order valence-electron chi connectivity index (χ1n) is 8.93. The lowest BCUT2D eigenvalue weighted by atomic mass is 9.88. The van der Waals surface area contributed by atoms with Gasteiger partial charge in [0.1, 0.15) is 0 Å². The van der Waals surface area contributed by atoms with E-state index in [1.165, 1.54) is 0 Å². The third-order valence-electron chi connectivity index (χ3n) is 4.63. The normalized spacial score (nSPS) is 14.6. The second-order valence-electron chi connectivity index (χ2n) is 10.1. The zero-order chi connectivity index (χ0) is 19.9. The van der Waals surface area contributed by atoms with Gasteiger partial charge in [0, 0.05) is 9.49 Å². The molecule has 1 rings (SSSR count). The van der Waals surface area contributed by atoms with E-state index in [0.29, 0.717) is 4.90 Å². The third-order valence-corrected chi connectivity index (χ3v) is 9.12. The van der Waals surface area contributed by atoms with Crippen LogP contribution >= 0.6 is 11.8 Å². The first-order chi connectivity index (χ1) is 10.9. The molecule has 0 radical (unpaired) electrons. The predicted molar refractivity (Wildman–Crippen MR) is 112 cm³/mol. The SMILES string of the molecule is CC(C)(C)Cc1cccc(S(=O)(=O)C(C)(C)C(C)(C)SC(C)(C)C)c1. The van der Waals surface area contributed by atoms with Crippen LogP contribution in [0.25, 0.3) is 0 Å². The molecule has 2 nitrogen and oxygen atoms in total. The molecule has 0 aromatic heterocycles. The van der Waals surface area contributed by atoms with Crippen LogP contribution in [0.15, 0.2) is 29.2 Å². The van der Waals surface area contributed by atoms with Crippen LogP contribution in [-0.2, 0) is 16.3 Å². The van der Waals surface area contributed by atoms with Crippen LogP contribution in [0.4, 0.5) is 0 Å². The Labute approximate surface area is 160 Å². The largest absolute Gasteiger partial charge is 0.223 e. The minimum atomic E-state index is -3.47. The Morgan fingerprint density at radius 3 is 1.84 bits per heavy atom. The fraction of sp³-hybridized carbons (Fsp3) is 0.714. The molecule has 0 heterocycles. The summed E-state index contributed by atoms with van der Waals surface area (Å²) in [7, 11) is -3.47. The monoisotopic (exact) mass is 384 g/mol. The Hall–Kier alpha value is -0.480. The van der Waals surface area contributed by atoms with Crippen molar-refractivity contribution in [2.24, 2.45) is 5.41 Å². The second kappa shape index (κ2) is 6.92. The van der Waals surface area contributed by atoms with Gasteiger partial charge in [0.05, 0.1) is 9.64 Å². The van der Waals surface area contributed by atoms with Crippen molar-refractivity contribution in [1.29, 1.82) is 0 Å². The van der Waals surface area contributed by atoms with Crippen molar-refractivity contribution in [1.82, 2.24) is 0 Å². The van der Waals surface area contributed by atoms with Crippen LogP contribution in [0.3, 0.4) is 0 Å². The van der Waals surface area contributed by atoms with E-state index in [9.17, 15) is 8.42 Å². The molecule has 0 fully saturated rings. The minimum absolute atomic E-state index is 0.00955. The topological polar surface area (TPSA) is 34.1 Å². The Morgan fingerprint density at radius 1 is 0.880 bits per heavy atom. The molecule has 0 unspecified atom stereocenters. The Morgan fingerprint density at radius 2 is 1.40 bits per heavy atom. The van der Waals surface area contributed by atoms with E-state index < -0.39 is 19.3 Å². The van der Waals surface area contributed by atoms with E-state index >= 15 is 0 Å². The molecule has 0 atom stereocenters. The summed E-state index contributed by atoms with van der Waals surface area (Å²) >= 11 is 1.72. The molecule has 1 aromatic rings. The molecule has 0 N–H and O–H groups in total. The third kappa shape index (κ3) is 5.50.